The van der Waals surface area contributed by atoms with Gasteiger partial charge in [0.05, 0.1) is 18.5 Å². The fraction of sp³-hybridized carbons (Fsp3) is 0.318. The van der Waals surface area contributed by atoms with Gasteiger partial charge in [-0.05, 0) is 46.4 Å². The zero-order valence-electron chi connectivity index (χ0n) is 16.3. The highest BCUT2D eigenvalue weighted by Gasteiger charge is 2.36. The molecule has 0 aliphatic heterocycles. The highest BCUT2D eigenvalue weighted by atomic mass is 16.5. The van der Waals surface area contributed by atoms with Crippen molar-refractivity contribution >= 4 is 16.7 Å². The van der Waals surface area contributed by atoms with Gasteiger partial charge in [-0.15, -0.1) is 0 Å². The Bertz CT molecular complexity index is 1170. The Morgan fingerprint density at radius 3 is 2.54 bits per heavy atom. The molecule has 3 aromatic rings. The minimum absolute atomic E-state index is 0.0311. The molecule has 2 N–H and O–H groups in total. The molecule has 28 heavy (non-hydrogen) atoms. The fourth-order valence-electron chi connectivity index (χ4n) is 4.12. The highest BCUT2D eigenvalue weighted by Crippen LogP contribution is 2.48. The molecule has 6 nitrogen and oxygen atoms in total. The Hall–Kier alpha value is -3.15. The quantitative estimate of drug-likeness (QED) is 0.704. The van der Waals surface area contributed by atoms with Crippen LogP contribution in [0.15, 0.2) is 35.1 Å². The second kappa shape index (κ2) is 6.19. The van der Waals surface area contributed by atoms with Gasteiger partial charge >= 0.3 is 5.97 Å². The lowest BCUT2D eigenvalue weighted by Gasteiger charge is -2.36. The van der Waals surface area contributed by atoms with E-state index in [4.69, 9.17) is 9.72 Å². The van der Waals surface area contributed by atoms with Crippen LogP contribution in [0.2, 0.25) is 0 Å². The number of hydrogen-bond acceptors (Lipinski definition) is 4. The number of hydrogen-bond donors (Lipinski definition) is 2. The van der Waals surface area contributed by atoms with E-state index in [2.05, 4.69) is 25.8 Å². The van der Waals surface area contributed by atoms with Crippen LogP contribution in [0.3, 0.4) is 0 Å². The number of aromatic carboxylic acids is 1. The van der Waals surface area contributed by atoms with E-state index >= 15 is 0 Å². The number of fused-ring (bicyclic) bond motifs is 5. The third-order valence-electron chi connectivity index (χ3n) is 5.54. The minimum atomic E-state index is -1.23. The van der Waals surface area contributed by atoms with Gasteiger partial charge in [0.25, 0.3) is 5.56 Å². The predicted octanol–water partition coefficient (Wildman–Crippen LogP) is 3.98. The summed E-state index contributed by atoms with van der Waals surface area (Å²) in [6, 6.07) is 9.43. The van der Waals surface area contributed by atoms with Gasteiger partial charge in [-0.1, -0.05) is 39.0 Å². The normalized spacial score (nSPS) is 15.8. The first kappa shape index (κ1) is 18.2. The van der Waals surface area contributed by atoms with Crippen molar-refractivity contribution in [2.45, 2.75) is 33.1 Å². The smallest absolute Gasteiger partial charge is 0.341 e. The molecule has 4 rings (SSSR count). The van der Waals surface area contributed by atoms with Gasteiger partial charge < -0.3 is 14.8 Å². The molecule has 0 saturated heterocycles. The molecule has 1 aliphatic rings. The molecular weight excluding hydrogens is 356 g/mol. The lowest BCUT2D eigenvalue weighted by Crippen LogP contribution is -2.29. The van der Waals surface area contributed by atoms with Crippen molar-refractivity contribution in [3.63, 3.8) is 0 Å². The van der Waals surface area contributed by atoms with Gasteiger partial charge in [-0.25, -0.2) is 9.78 Å². The average Bonchev–Trinajstić information content (AvgIpc) is 2.65. The summed E-state index contributed by atoms with van der Waals surface area (Å²) in [5, 5.41) is 11.4. The Labute approximate surface area is 162 Å². The van der Waals surface area contributed by atoms with Gasteiger partial charge in [0.1, 0.15) is 5.56 Å². The maximum Gasteiger partial charge on any atom is 0.341 e. The van der Waals surface area contributed by atoms with Crippen LogP contribution in [0.5, 0.6) is 5.88 Å². The van der Waals surface area contributed by atoms with Crippen molar-refractivity contribution in [3.8, 4) is 17.3 Å². The van der Waals surface area contributed by atoms with Crippen LogP contribution in [-0.2, 0) is 6.42 Å². The minimum Gasteiger partial charge on any atom is -0.481 e. The second-order valence-electron chi connectivity index (χ2n) is 8.26. The molecule has 144 valence electrons. The number of carbonyl (C=O) groups is 1. The summed E-state index contributed by atoms with van der Waals surface area (Å²) < 4.78 is 5.50. The van der Waals surface area contributed by atoms with E-state index in [0.717, 1.165) is 21.9 Å². The van der Waals surface area contributed by atoms with E-state index in [1.807, 2.05) is 24.3 Å². The Kier molecular flexibility index (Phi) is 4.03. The zero-order valence-corrected chi connectivity index (χ0v) is 16.3. The molecule has 0 radical (unpaired) electrons. The van der Waals surface area contributed by atoms with Crippen LogP contribution < -0.4 is 10.3 Å². The number of carboxylic acid groups (broad SMARTS) is 1. The number of carboxylic acids is 1. The van der Waals surface area contributed by atoms with Gasteiger partial charge in [-0.2, -0.15) is 0 Å². The lowest BCUT2D eigenvalue weighted by atomic mass is 9.69. The number of aromatic nitrogens is 2. The molecule has 0 spiro atoms. The number of H-pyrrole nitrogens is 1. The molecule has 0 saturated carbocycles. The molecule has 1 aliphatic carbocycles. The number of rotatable bonds is 2. The SMILES string of the molecule is COc1nc2c(c3ccccc13)C[C@H](C(C)(C)C)c1cc(C(=O)O)c(=O)[nH]c1-2. The summed E-state index contributed by atoms with van der Waals surface area (Å²) in [4.78, 5) is 31.4. The largest absolute Gasteiger partial charge is 0.481 e. The molecule has 0 bridgehead atoms. The van der Waals surface area contributed by atoms with E-state index < -0.39 is 11.5 Å². The fourth-order valence-corrected chi connectivity index (χ4v) is 4.12. The standard InChI is InChI=1S/C22H22N2O4/c1-22(2,3)16-10-13-11-7-5-6-8-12(11)20(28-4)24-17(13)18-14(16)9-15(21(26)27)19(25)23-18/h5-9,16H,10H2,1-4H3,(H,23,25)(H,26,27)/t16-/m0/s1. The molecule has 6 heteroatoms. The van der Waals surface area contributed by atoms with Gasteiger partial charge in [0, 0.05) is 5.39 Å². The van der Waals surface area contributed by atoms with Crippen LogP contribution in [0.4, 0.5) is 0 Å². The molecule has 0 unspecified atom stereocenters. The van der Waals surface area contributed by atoms with Crippen molar-refractivity contribution in [2.75, 3.05) is 7.11 Å². The van der Waals surface area contributed by atoms with Gasteiger partial charge in [-0.3, -0.25) is 4.79 Å². The van der Waals surface area contributed by atoms with E-state index in [-0.39, 0.29) is 16.9 Å². The van der Waals surface area contributed by atoms with Crippen molar-refractivity contribution in [1.82, 2.24) is 9.97 Å². The molecular formula is C22H22N2O4. The average molecular weight is 378 g/mol. The van der Waals surface area contributed by atoms with Crippen molar-refractivity contribution in [2.24, 2.45) is 5.41 Å². The van der Waals surface area contributed by atoms with Crippen molar-refractivity contribution in [3.05, 3.63) is 57.4 Å². The summed E-state index contributed by atoms with van der Waals surface area (Å²) in [5.41, 5.74) is 2.08. The number of nitrogens with one attached hydrogen (secondary N) is 1. The van der Waals surface area contributed by atoms with E-state index in [1.165, 1.54) is 6.07 Å². The lowest BCUT2D eigenvalue weighted by molar-refractivity contribution is 0.0694. The second-order valence-corrected chi connectivity index (χ2v) is 8.26. The highest BCUT2D eigenvalue weighted by molar-refractivity contribution is 5.95. The molecule has 0 fully saturated rings. The van der Waals surface area contributed by atoms with E-state index in [1.54, 1.807) is 7.11 Å². The van der Waals surface area contributed by atoms with Crippen LogP contribution >= 0.6 is 0 Å². The topological polar surface area (TPSA) is 92.3 Å². The monoisotopic (exact) mass is 378 g/mol. The maximum atomic E-state index is 12.4. The number of ether oxygens (including phenoxy) is 1. The number of nitrogens with zero attached hydrogens (tertiary/aromatic N) is 1. The van der Waals surface area contributed by atoms with Crippen molar-refractivity contribution in [1.29, 1.82) is 0 Å². The van der Waals surface area contributed by atoms with Crippen LogP contribution in [0.25, 0.3) is 22.2 Å². The zero-order chi connectivity index (χ0) is 20.2. The van der Waals surface area contributed by atoms with E-state index in [0.29, 0.717) is 23.7 Å². The number of aromatic amines is 1. The predicted molar refractivity (Wildman–Crippen MR) is 107 cm³/mol. The number of pyridine rings is 2. The molecule has 1 atom stereocenters. The van der Waals surface area contributed by atoms with E-state index in [9.17, 15) is 14.7 Å². The summed E-state index contributed by atoms with van der Waals surface area (Å²) >= 11 is 0. The van der Waals surface area contributed by atoms with Crippen molar-refractivity contribution < 1.29 is 14.6 Å². The Balaban J connectivity index is 2.12. The summed E-state index contributed by atoms with van der Waals surface area (Å²) in [7, 11) is 1.57. The molecule has 2 heterocycles. The van der Waals surface area contributed by atoms with Crippen LogP contribution in [0, 0.1) is 5.41 Å². The summed E-state index contributed by atoms with van der Waals surface area (Å²) in [6.45, 7) is 6.37. The van der Waals surface area contributed by atoms with Gasteiger partial charge in [0.15, 0.2) is 0 Å². The third kappa shape index (κ3) is 2.68. The molecule has 0 amide bonds. The number of methoxy groups -OCH3 is 1. The number of benzene rings is 1. The first-order chi connectivity index (χ1) is 13.2. The third-order valence-corrected chi connectivity index (χ3v) is 5.54. The van der Waals surface area contributed by atoms with Gasteiger partial charge in [0.2, 0.25) is 5.88 Å². The first-order valence-electron chi connectivity index (χ1n) is 9.19. The molecule has 2 aromatic heterocycles. The summed E-state index contributed by atoms with van der Waals surface area (Å²) in [5.74, 6) is -0.715. The Morgan fingerprint density at radius 2 is 1.93 bits per heavy atom. The Morgan fingerprint density at radius 1 is 1.25 bits per heavy atom. The maximum absolute atomic E-state index is 12.4. The van der Waals surface area contributed by atoms with Crippen LogP contribution in [0.1, 0.15) is 48.2 Å². The first-order valence-corrected chi connectivity index (χ1v) is 9.19. The molecule has 1 aromatic carbocycles. The van der Waals surface area contributed by atoms with Crippen LogP contribution in [-0.4, -0.2) is 28.2 Å². The summed E-state index contributed by atoms with van der Waals surface area (Å²) in [6.07, 6.45) is 0.703.